The summed E-state index contributed by atoms with van der Waals surface area (Å²) in [4.78, 5) is 24.4. The van der Waals surface area contributed by atoms with Gasteiger partial charge < -0.3 is 0 Å². The fraction of sp³-hybridized carbons (Fsp3) is 1.00. The summed E-state index contributed by atoms with van der Waals surface area (Å²) in [6.07, 6.45) is 12.1. The number of rotatable bonds is 0. The highest BCUT2D eigenvalue weighted by atomic mass is 28.4. The molecule has 0 bridgehead atoms. The van der Waals surface area contributed by atoms with Gasteiger partial charge in [0.2, 0.25) is 28.2 Å². The van der Waals surface area contributed by atoms with Gasteiger partial charge in [-0.3, -0.25) is 9.15 Å². The largest absolute Gasteiger partial charge is 0.284 e. The second kappa shape index (κ2) is 9.55. The first-order chi connectivity index (χ1) is 13.2. The third-order valence-corrected chi connectivity index (χ3v) is 10.7. The predicted molar refractivity (Wildman–Crippen MR) is 112 cm³/mol. The topological polar surface area (TPSA) is 55.4 Å². The van der Waals surface area contributed by atoms with Gasteiger partial charge in [-0.1, -0.05) is 25.7 Å². The summed E-state index contributed by atoms with van der Waals surface area (Å²) in [7, 11) is -3.99. The van der Waals surface area contributed by atoms with Gasteiger partial charge in [0.25, 0.3) is 0 Å². The van der Waals surface area contributed by atoms with E-state index in [1.54, 1.807) is 0 Å². The summed E-state index contributed by atoms with van der Waals surface area (Å²) < 4.78 is 12.2. The summed E-state index contributed by atoms with van der Waals surface area (Å²) in [6, 6.07) is 1.97. The fourth-order valence-electron chi connectivity index (χ4n) is 4.11. The lowest BCUT2D eigenvalue weighted by molar-refractivity contribution is -0.567. The Balaban J connectivity index is 1.82. The Kier molecular flexibility index (Phi) is 7.80. The lowest BCUT2D eigenvalue weighted by Gasteiger charge is -2.40. The van der Waals surface area contributed by atoms with Crippen LogP contribution in [0.5, 0.6) is 0 Å². The lowest BCUT2D eigenvalue weighted by Crippen LogP contribution is -2.48. The van der Waals surface area contributed by atoms with Gasteiger partial charge in [-0.05, 0) is 64.0 Å². The van der Waals surface area contributed by atoms with Crippen LogP contribution in [-0.4, -0.2) is 28.2 Å². The monoisotopic (exact) mass is 432 g/mol. The van der Waals surface area contributed by atoms with Crippen molar-refractivity contribution in [2.45, 2.75) is 127 Å². The Morgan fingerprint density at radius 1 is 0.464 bits per heavy atom. The van der Waals surface area contributed by atoms with E-state index < -0.39 is 28.2 Å². The van der Waals surface area contributed by atoms with Crippen LogP contribution < -0.4 is 0 Å². The zero-order chi connectivity index (χ0) is 20.1. The van der Waals surface area contributed by atoms with Crippen LogP contribution in [-0.2, 0) is 28.7 Å². The third-order valence-electron chi connectivity index (χ3n) is 6.24. The molecule has 3 rings (SSSR count). The molecule has 164 valence electrons. The van der Waals surface area contributed by atoms with Crippen molar-refractivity contribution in [3.8, 4) is 0 Å². The van der Waals surface area contributed by atoms with Crippen molar-refractivity contribution in [3.05, 3.63) is 0 Å². The Hall–Kier alpha value is 0.194. The highest BCUT2D eigenvalue weighted by Crippen LogP contribution is 2.40. The average molecular weight is 433 g/mol. The fourth-order valence-corrected chi connectivity index (χ4v) is 9.85. The van der Waals surface area contributed by atoms with Gasteiger partial charge in [0.15, 0.2) is 0 Å². The number of hydrogen-bond donors (Lipinski definition) is 0. The van der Waals surface area contributed by atoms with E-state index in [4.69, 9.17) is 28.7 Å². The van der Waals surface area contributed by atoms with E-state index in [0.29, 0.717) is 0 Å². The SMILES string of the molecule is C[Si]1(C)CC[Si](C)(C)OOC2(CCCCCC2)OOC2(CCCCCC2)OO1. The molecule has 0 aromatic carbocycles. The Morgan fingerprint density at radius 2 is 0.786 bits per heavy atom. The van der Waals surface area contributed by atoms with Crippen molar-refractivity contribution < 1.29 is 28.7 Å². The van der Waals surface area contributed by atoms with Crippen LogP contribution in [0.15, 0.2) is 0 Å². The molecule has 0 aromatic heterocycles. The maximum atomic E-state index is 6.12. The molecule has 1 heterocycles. The zero-order valence-electron chi connectivity index (χ0n) is 18.3. The first-order valence-electron chi connectivity index (χ1n) is 11.3. The molecule has 2 spiro atoms. The maximum absolute atomic E-state index is 6.12. The summed E-state index contributed by atoms with van der Waals surface area (Å²) >= 11 is 0. The van der Waals surface area contributed by atoms with Gasteiger partial charge in [-0.15, -0.1) is 0 Å². The van der Waals surface area contributed by atoms with Crippen molar-refractivity contribution in [1.29, 1.82) is 0 Å². The third kappa shape index (κ3) is 6.60. The number of hydrogen-bond acceptors (Lipinski definition) is 6. The van der Waals surface area contributed by atoms with Gasteiger partial charge in [0, 0.05) is 25.7 Å². The minimum Gasteiger partial charge on any atom is -0.284 e. The highest BCUT2D eigenvalue weighted by molar-refractivity contribution is 6.76. The van der Waals surface area contributed by atoms with Gasteiger partial charge in [-0.25, -0.2) is 9.78 Å². The highest BCUT2D eigenvalue weighted by Gasteiger charge is 2.46. The molecule has 2 aliphatic carbocycles. The zero-order valence-corrected chi connectivity index (χ0v) is 20.3. The summed E-state index contributed by atoms with van der Waals surface area (Å²) in [5.41, 5.74) is 0. The summed E-state index contributed by atoms with van der Waals surface area (Å²) in [5, 5.41) is 0. The molecular weight excluding hydrogens is 392 g/mol. The van der Waals surface area contributed by atoms with Crippen molar-refractivity contribution in [2.75, 3.05) is 0 Å². The molecule has 8 heteroatoms. The van der Waals surface area contributed by atoms with Gasteiger partial charge >= 0.3 is 0 Å². The molecule has 28 heavy (non-hydrogen) atoms. The predicted octanol–water partition coefficient (Wildman–Crippen LogP) is 6.36. The molecule has 6 nitrogen and oxygen atoms in total. The molecule has 0 radical (unpaired) electrons. The van der Waals surface area contributed by atoms with Gasteiger partial charge in [-0.2, -0.15) is 9.78 Å². The Bertz CT molecular complexity index is 439. The van der Waals surface area contributed by atoms with Crippen LogP contribution in [0, 0.1) is 0 Å². The smallest absolute Gasteiger partial charge is 0.233 e. The molecule has 1 saturated heterocycles. The molecular formula is C20H40O6Si2. The van der Waals surface area contributed by atoms with Crippen LogP contribution in [0.25, 0.3) is 0 Å². The van der Waals surface area contributed by atoms with Crippen LogP contribution >= 0.6 is 0 Å². The van der Waals surface area contributed by atoms with Crippen molar-refractivity contribution >= 4 is 16.6 Å². The van der Waals surface area contributed by atoms with Crippen molar-refractivity contribution in [3.63, 3.8) is 0 Å². The summed E-state index contributed by atoms with van der Waals surface area (Å²) in [5.74, 6) is -1.68. The first kappa shape index (κ1) is 22.9. The van der Waals surface area contributed by atoms with Crippen LogP contribution in [0.4, 0.5) is 0 Å². The molecule has 0 unspecified atom stereocenters. The molecule has 1 aliphatic heterocycles. The maximum Gasteiger partial charge on any atom is 0.233 e. The standard InChI is InChI=1S/C20H40O6Si2/c1-27(2)17-18-28(3,4)26-24-20(15-11-7-8-12-16-20)22-21-19(23-25-27)13-9-5-6-10-14-19/h5-18H2,1-4H3. The second-order valence-electron chi connectivity index (χ2n) is 10.2. The molecule has 0 atom stereocenters. The van der Waals surface area contributed by atoms with E-state index in [0.717, 1.165) is 63.5 Å². The van der Waals surface area contributed by atoms with Crippen molar-refractivity contribution in [2.24, 2.45) is 0 Å². The van der Waals surface area contributed by atoms with E-state index in [2.05, 4.69) is 26.2 Å². The minimum atomic E-state index is -2.00. The van der Waals surface area contributed by atoms with Crippen LogP contribution in [0.2, 0.25) is 38.3 Å². The molecule has 2 saturated carbocycles. The van der Waals surface area contributed by atoms with E-state index in [9.17, 15) is 0 Å². The van der Waals surface area contributed by atoms with Crippen LogP contribution in [0.1, 0.15) is 77.0 Å². The Labute approximate surface area is 172 Å². The normalized spacial score (nSPS) is 31.3. The lowest BCUT2D eigenvalue weighted by atomic mass is 10.1. The van der Waals surface area contributed by atoms with Gasteiger partial charge in [0.05, 0.1) is 0 Å². The van der Waals surface area contributed by atoms with E-state index >= 15 is 0 Å². The van der Waals surface area contributed by atoms with Crippen LogP contribution in [0.3, 0.4) is 0 Å². The average Bonchev–Trinajstić information content (AvgIpc) is 3.04. The minimum absolute atomic E-state index is 0.786. The first-order valence-corrected chi connectivity index (χ1v) is 17.6. The molecule has 0 aromatic rings. The molecule has 3 fully saturated rings. The second-order valence-corrected chi connectivity index (χ2v) is 18.5. The molecule has 3 aliphatic rings. The quantitative estimate of drug-likeness (QED) is 0.328. The van der Waals surface area contributed by atoms with E-state index in [1.807, 2.05) is 0 Å². The van der Waals surface area contributed by atoms with E-state index in [-0.39, 0.29) is 0 Å². The molecule has 0 N–H and O–H groups in total. The van der Waals surface area contributed by atoms with Crippen molar-refractivity contribution in [1.82, 2.24) is 0 Å². The molecule has 0 amide bonds. The summed E-state index contributed by atoms with van der Waals surface area (Å²) in [6.45, 7) is 8.79. The van der Waals surface area contributed by atoms with Gasteiger partial charge in [0.1, 0.15) is 0 Å². The Morgan fingerprint density at radius 3 is 1.11 bits per heavy atom. The van der Waals surface area contributed by atoms with E-state index in [1.165, 1.54) is 25.7 Å².